The highest BCUT2D eigenvalue weighted by atomic mass is 16.5. The average molecular weight is 339 g/mol. The zero-order valence-corrected chi connectivity index (χ0v) is 14.8. The zero-order valence-electron chi connectivity index (χ0n) is 14.8. The monoisotopic (exact) mass is 339 g/mol. The van der Waals surface area contributed by atoms with Gasteiger partial charge in [0.15, 0.2) is 6.61 Å². The molecule has 1 atom stereocenters. The van der Waals surface area contributed by atoms with Gasteiger partial charge in [-0.25, -0.2) is 4.98 Å². The standard InChI is InChI=1S/C20H25N3O2/c1-15(2)16-6-8-18(9-7-16)25-14-20(24)22-17-10-12-23(13-17)19-5-3-4-11-21-19/h3-9,11,15,17H,10,12-14H2,1-2H3,(H,22,24)/t17-/m0/s1. The Morgan fingerprint density at radius 1 is 1.28 bits per heavy atom. The van der Waals surface area contributed by atoms with Crippen LogP contribution in [0.4, 0.5) is 5.82 Å². The van der Waals surface area contributed by atoms with Gasteiger partial charge in [-0.3, -0.25) is 4.79 Å². The van der Waals surface area contributed by atoms with Crippen molar-refractivity contribution in [3.05, 3.63) is 54.2 Å². The molecule has 3 rings (SSSR count). The molecule has 1 aromatic heterocycles. The first-order valence-corrected chi connectivity index (χ1v) is 8.80. The molecule has 1 fully saturated rings. The molecule has 1 aliphatic heterocycles. The number of amides is 1. The summed E-state index contributed by atoms with van der Waals surface area (Å²) in [5.74, 6) is 2.09. The van der Waals surface area contributed by atoms with Crippen LogP contribution < -0.4 is 15.0 Å². The topological polar surface area (TPSA) is 54.5 Å². The summed E-state index contributed by atoms with van der Waals surface area (Å²) in [5, 5.41) is 3.05. The second-order valence-corrected chi connectivity index (χ2v) is 6.70. The van der Waals surface area contributed by atoms with E-state index in [1.165, 1.54) is 5.56 Å². The Balaban J connectivity index is 1.44. The first-order valence-electron chi connectivity index (χ1n) is 8.80. The first-order chi connectivity index (χ1) is 12.1. The van der Waals surface area contributed by atoms with Crippen molar-refractivity contribution in [1.82, 2.24) is 10.3 Å². The molecule has 2 aromatic rings. The number of nitrogens with one attached hydrogen (secondary N) is 1. The lowest BCUT2D eigenvalue weighted by Crippen LogP contribution is -2.39. The van der Waals surface area contributed by atoms with Crippen molar-refractivity contribution >= 4 is 11.7 Å². The van der Waals surface area contributed by atoms with Gasteiger partial charge in [-0.2, -0.15) is 0 Å². The lowest BCUT2D eigenvalue weighted by atomic mass is 10.0. The maximum absolute atomic E-state index is 12.1. The maximum atomic E-state index is 12.1. The Bertz CT molecular complexity index is 686. The van der Waals surface area contributed by atoms with E-state index in [0.29, 0.717) is 5.92 Å². The molecule has 5 heteroatoms. The molecule has 0 saturated carbocycles. The van der Waals surface area contributed by atoms with Crippen LogP contribution in [0.3, 0.4) is 0 Å². The smallest absolute Gasteiger partial charge is 0.258 e. The van der Waals surface area contributed by atoms with Crippen molar-refractivity contribution in [3.8, 4) is 5.75 Å². The number of rotatable bonds is 6. The molecule has 1 amide bonds. The third-order valence-corrected chi connectivity index (χ3v) is 4.44. The van der Waals surface area contributed by atoms with Crippen molar-refractivity contribution in [2.75, 3.05) is 24.6 Å². The highest BCUT2D eigenvalue weighted by molar-refractivity contribution is 5.78. The zero-order chi connectivity index (χ0) is 17.6. The minimum Gasteiger partial charge on any atom is -0.484 e. The lowest BCUT2D eigenvalue weighted by Gasteiger charge is -2.17. The Labute approximate surface area is 149 Å². The molecule has 0 bridgehead atoms. The molecule has 1 aliphatic rings. The normalized spacial score (nSPS) is 16.9. The van der Waals surface area contributed by atoms with E-state index < -0.39 is 0 Å². The molecule has 1 saturated heterocycles. The van der Waals surface area contributed by atoms with Gasteiger partial charge in [0.25, 0.3) is 5.91 Å². The number of anilines is 1. The van der Waals surface area contributed by atoms with Gasteiger partial charge in [-0.15, -0.1) is 0 Å². The Morgan fingerprint density at radius 2 is 2.08 bits per heavy atom. The lowest BCUT2D eigenvalue weighted by molar-refractivity contribution is -0.123. The average Bonchev–Trinajstić information content (AvgIpc) is 3.09. The largest absolute Gasteiger partial charge is 0.484 e. The minimum absolute atomic E-state index is 0.0428. The molecule has 25 heavy (non-hydrogen) atoms. The fourth-order valence-corrected chi connectivity index (χ4v) is 2.99. The summed E-state index contributed by atoms with van der Waals surface area (Å²) in [6, 6.07) is 13.9. The van der Waals surface area contributed by atoms with Gasteiger partial charge in [0.2, 0.25) is 0 Å². The van der Waals surface area contributed by atoms with Crippen LogP contribution in [0.25, 0.3) is 0 Å². The Hall–Kier alpha value is -2.56. The maximum Gasteiger partial charge on any atom is 0.258 e. The molecule has 0 spiro atoms. The summed E-state index contributed by atoms with van der Waals surface area (Å²) in [5.41, 5.74) is 1.26. The van der Waals surface area contributed by atoms with E-state index in [0.717, 1.165) is 31.1 Å². The third kappa shape index (κ3) is 4.72. The summed E-state index contributed by atoms with van der Waals surface area (Å²) in [7, 11) is 0. The van der Waals surface area contributed by atoms with Crippen LogP contribution in [0.15, 0.2) is 48.7 Å². The molecule has 2 heterocycles. The van der Waals surface area contributed by atoms with Crippen molar-refractivity contribution in [2.45, 2.75) is 32.2 Å². The van der Waals surface area contributed by atoms with Crippen LogP contribution in [0.1, 0.15) is 31.7 Å². The van der Waals surface area contributed by atoms with Gasteiger partial charge < -0.3 is 15.0 Å². The van der Waals surface area contributed by atoms with E-state index >= 15 is 0 Å². The van der Waals surface area contributed by atoms with Gasteiger partial charge >= 0.3 is 0 Å². The van der Waals surface area contributed by atoms with E-state index in [9.17, 15) is 4.79 Å². The fraction of sp³-hybridized carbons (Fsp3) is 0.400. The van der Waals surface area contributed by atoms with Crippen LogP contribution in [-0.4, -0.2) is 36.6 Å². The number of nitrogens with zero attached hydrogens (tertiary/aromatic N) is 2. The van der Waals surface area contributed by atoms with Crippen molar-refractivity contribution in [2.24, 2.45) is 0 Å². The van der Waals surface area contributed by atoms with E-state index in [1.54, 1.807) is 6.20 Å². The fourth-order valence-electron chi connectivity index (χ4n) is 2.99. The van der Waals surface area contributed by atoms with Gasteiger partial charge in [0.05, 0.1) is 0 Å². The molecular formula is C20H25N3O2. The summed E-state index contributed by atoms with van der Waals surface area (Å²) in [6.45, 7) is 6.03. The molecule has 1 aromatic carbocycles. The van der Waals surface area contributed by atoms with Crippen LogP contribution in [0.5, 0.6) is 5.75 Å². The Morgan fingerprint density at radius 3 is 2.76 bits per heavy atom. The number of carbonyl (C=O) groups excluding carboxylic acids is 1. The number of aromatic nitrogens is 1. The summed E-state index contributed by atoms with van der Waals surface area (Å²) >= 11 is 0. The van der Waals surface area contributed by atoms with E-state index in [-0.39, 0.29) is 18.6 Å². The predicted molar refractivity (Wildman–Crippen MR) is 99.0 cm³/mol. The second kappa shape index (κ2) is 8.01. The van der Waals surface area contributed by atoms with Crippen LogP contribution in [0.2, 0.25) is 0 Å². The van der Waals surface area contributed by atoms with Crippen molar-refractivity contribution in [3.63, 3.8) is 0 Å². The molecule has 5 nitrogen and oxygen atoms in total. The predicted octanol–water partition coefficient (Wildman–Crippen LogP) is 2.98. The van der Waals surface area contributed by atoms with Gasteiger partial charge in [-0.05, 0) is 42.2 Å². The van der Waals surface area contributed by atoms with Gasteiger partial charge in [0, 0.05) is 25.3 Å². The Kier molecular flexibility index (Phi) is 5.53. The number of hydrogen-bond donors (Lipinski definition) is 1. The summed E-state index contributed by atoms with van der Waals surface area (Å²) in [4.78, 5) is 18.7. The molecule has 0 aliphatic carbocycles. The number of hydrogen-bond acceptors (Lipinski definition) is 4. The second-order valence-electron chi connectivity index (χ2n) is 6.70. The third-order valence-electron chi connectivity index (χ3n) is 4.44. The molecule has 1 N–H and O–H groups in total. The minimum atomic E-state index is -0.0826. The van der Waals surface area contributed by atoms with E-state index in [2.05, 4.69) is 29.0 Å². The SMILES string of the molecule is CC(C)c1ccc(OCC(=O)N[C@H]2CCN(c3ccccn3)C2)cc1. The van der Waals surface area contributed by atoms with Crippen LogP contribution >= 0.6 is 0 Å². The summed E-state index contributed by atoms with van der Waals surface area (Å²) < 4.78 is 5.59. The number of carbonyl (C=O) groups is 1. The number of pyridine rings is 1. The van der Waals surface area contributed by atoms with Crippen molar-refractivity contribution < 1.29 is 9.53 Å². The number of ether oxygens (including phenoxy) is 1. The molecule has 0 unspecified atom stereocenters. The van der Waals surface area contributed by atoms with Crippen LogP contribution in [0, 0.1) is 0 Å². The quantitative estimate of drug-likeness (QED) is 0.879. The number of benzene rings is 1. The highest BCUT2D eigenvalue weighted by Gasteiger charge is 2.24. The molecule has 0 radical (unpaired) electrons. The van der Waals surface area contributed by atoms with Gasteiger partial charge in [-0.1, -0.05) is 32.0 Å². The summed E-state index contributed by atoms with van der Waals surface area (Å²) in [6.07, 6.45) is 2.71. The van der Waals surface area contributed by atoms with Gasteiger partial charge in [0.1, 0.15) is 11.6 Å². The van der Waals surface area contributed by atoms with Crippen molar-refractivity contribution in [1.29, 1.82) is 0 Å². The van der Waals surface area contributed by atoms with E-state index in [1.807, 2.05) is 42.5 Å². The van der Waals surface area contributed by atoms with Crippen LogP contribution in [-0.2, 0) is 4.79 Å². The molecular weight excluding hydrogens is 314 g/mol. The first kappa shape index (κ1) is 17.3. The molecule has 132 valence electrons. The highest BCUT2D eigenvalue weighted by Crippen LogP contribution is 2.19. The van der Waals surface area contributed by atoms with E-state index in [4.69, 9.17) is 4.74 Å².